The summed E-state index contributed by atoms with van der Waals surface area (Å²) < 4.78 is 0. The monoisotopic (exact) mass is 310 g/mol. The highest BCUT2D eigenvalue weighted by molar-refractivity contribution is 5.79. The lowest BCUT2D eigenvalue weighted by atomic mass is 9.97. The van der Waals surface area contributed by atoms with E-state index in [-0.39, 0.29) is 11.8 Å². The summed E-state index contributed by atoms with van der Waals surface area (Å²) in [4.78, 5) is 23.0. The molecule has 2 aromatic rings. The van der Waals surface area contributed by atoms with E-state index in [9.17, 15) is 4.79 Å². The van der Waals surface area contributed by atoms with Crippen LogP contribution < -0.4 is 10.2 Å². The van der Waals surface area contributed by atoms with Crippen LogP contribution in [-0.2, 0) is 11.2 Å². The fourth-order valence-corrected chi connectivity index (χ4v) is 2.97. The van der Waals surface area contributed by atoms with Crippen LogP contribution in [0.25, 0.3) is 0 Å². The predicted octanol–water partition coefficient (Wildman–Crippen LogP) is 2.05. The van der Waals surface area contributed by atoms with Crippen LogP contribution in [0.2, 0.25) is 0 Å². The lowest BCUT2D eigenvalue weighted by Crippen LogP contribution is -2.43. The van der Waals surface area contributed by atoms with Crippen molar-refractivity contribution in [1.82, 2.24) is 15.3 Å². The summed E-state index contributed by atoms with van der Waals surface area (Å²) in [6.07, 6.45) is 7.93. The normalized spacial score (nSPS) is 17.7. The second kappa shape index (κ2) is 7.72. The molecule has 0 saturated carbocycles. The quantitative estimate of drug-likeness (QED) is 0.918. The zero-order valence-corrected chi connectivity index (χ0v) is 13.2. The van der Waals surface area contributed by atoms with Crippen LogP contribution in [0, 0.1) is 5.92 Å². The highest BCUT2D eigenvalue weighted by Crippen LogP contribution is 2.20. The average Bonchev–Trinajstić information content (AvgIpc) is 2.63. The molecule has 5 heteroatoms. The third-order valence-electron chi connectivity index (χ3n) is 4.22. The number of piperidine rings is 1. The van der Waals surface area contributed by atoms with Gasteiger partial charge in [0.2, 0.25) is 5.91 Å². The minimum absolute atomic E-state index is 0.0292. The molecule has 120 valence electrons. The summed E-state index contributed by atoms with van der Waals surface area (Å²) in [5.41, 5.74) is 1.25. The first-order chi connectivity index (χ1) is 11.3. The molecular weight excluding hydrogens is 288 g/mol. The SMILES string of the molecule is O=C(NCCc1ccccc1)C1CCCN(c2cnccn2)C1. The number of anilines is 1. The lowest BCUT2D eigenvalue weighted by Gasteiger charge is -2.32. The van der Waals surface area contributed by atoms with Gasteiger partial charge in [0.1, 0.15) is 5.82 Å². The summed E-state index contributed by atoms with van der Waals surface area (Å²) in [7, 11) is 0. The molecule has 1 aliphatic rings. The molecule has 3 rings (SSSR count). The molecule has 1 atom stereocenters. The maximum Gasteiger partial charge on any atom is 0.224 e. The standard InChI is InChI=1S/C18H22N4O/c23-18(21-9-8-15-5-2-1-3-6-15)16-7-4-12-22(14-16)17-13-19-10-11-20-17/h1-3,5-6,10-11,13,16H,4,7-9,12,14H2,(H,21,23). The Balaban J connectivity index is 1.49. The first-order valence-corrected chi connectivity index (χ1v) is 8.15. The van der Waals surface area contributed by atoms with Crippen LogP contribution in [0.3, 0.4) is 0 Å². The Hall–Kier alpha value is -2.43. The van der Waals surface area contributed by atoms with Gasteiger partial charge in [0.15, 0.2) is 0 Å². The maximum absolute atomic E-state index is 12.4. The van der Waals surface area contributed by atoms with Crippen LogP contribution >= 0.6 is 0 Å². The molecule has 0 bridgehead atoms. The van der Waals surface area contributed by atoms with E-state index in [2.05, 4.69) is 32.3 Å². The second-order valence-electron chi connectivity index (χ2n) is 5.88. The molecule has 5 nitrogen and oxygen atoms in total. The maximum atomic E-state index is 12.4. The molecule has 1 aromatic carbocycles. The number of carbonyl (C=O) groups excluding carboxylic acids is 1. The van der Waals surface area contributed by atoms with Gasteiger partial charge in [-0.05, 0) is 24.8 Å². The zero-order valence-electron chi connectivity index (χ0n) is 13.2. The van der Waals surface area contributed by atoms with Gasteiger partial charge in [-0.3, -0.25) is 9.78 Å². The highest BCUT2D eigenvalue weighted by Gasteiger charge is 2.26. The van der Waals surface area contributed by atoms with Crippen LogP contribution in [0.5, 0.6) is 0 Å². The van der Waals surface area contributed by atoms with Crippen molar-refractivity contribution in [3.8, 4) is 0 Å². The van der Waals surface area contributed by atoms with Gasteiger partial charge in [-0.15, -0.1) is 0 Å². The Labute approximate surface area is 136 Å². The molecule has 1 amide bonds. The van der Waals surface area contributed by atoms with E-state index < -0.39 is 0 Å². The molecule has 1 aliphatic heterocycles. The molecular formula is C18H22N4O. The fraction of sp³-hybridized carbons (Fsp3) is 0.389. The number of rotatable bonds is 5. The van der Waals surface area contributed by atoms with E-state index in [0.29, 0.717) is 6.54 Å². The number of nitrogens with one attached hydrogen (secondary N) is 1. The van der Waals surface area contributed by atoms with Crippen molar-refractivity contribution in [2.45, 2.75) is 19.3 Å². The van der Waals surface area contributed by atoms with Crippen LogP contribution in [0.4, 0.5) is 5.82 Å². The van der Waals surface area contributed by atoms with Gasteiger partial charge in [-0.25, -0.2) is 4.98 Å². The third kappa shape index (κ3) is 4.28. The Kier molecular flexibility index (Phi) is 5.19. The Morgan fingerprint density at radius 1 is 1.26 bits per heavy atom. The molecule has 2 heterocycles. The van der Waals surface area contributed by atoms with Gasteiger partial charge in [0.25, 0.3) is 0 Å². The minimum Gasteiger partial charge on any atom is -0.355 e. The van der Waals surface area contributed by atoms with Gasteiger partial charge in [0.05, 0.1) is 12.1 Å². The molecule has 23 heavy (non-hydrogen) atoms. The Morgan fingerprint density at radius 2 is 2.13 bits per heavy atom. The van der Waals surface area contributed by atoms with Gasteiger partial charge in [-0.1, -0.05) is 30.3 Å². The van der Waals surface area contributed by atoms with E-state index >= 15 is 0 Å². The molecule has 1 aromatic heterocycles. The second-order valence-corrected chi connectivity index (χ2v) is 5.88. The highest BCUT2D eigenvalue weighted by atomic mass is 16.1. The van der Waals surface area contributed by atoms with Gasteiger partial charge in [0, 0.05) is 32.0 Å². The number of carbonyl (C=O) groups is 1. The third-order valence-corrected chi connectivity index (χ3v) is 4.22. The topological polar surface area (TPSA) is 58.1 Å². The van der Waals surface area contributed by atoms with E-state index in [1.165, 1.54) is 5.56 Å². The summed E-state index contributed by atoms with van der Waals surface area (Å²) in [5.74, 6) is 1.03. The van der Waals surface area contributed by atoms with E-state index in [1.807, 2.05) is 18.2 Å². The summed E-state index contributed by atoms with van der Waals surface area (Å²) >= 11 is 0. The first-order valence-electron chi connectivity index (χ1n) is 8.15. The van der Waals surface area contributed by atoms with Crippen molar-refractivity contribution < 1.29 is 4.79 Å². The van der Waals surface area contributed by atoms with Crippen molar-refractivity contribution in [1.29, 1.82) is 0 Å². The van der Waals surface area contributed by atoms with Crippen LogP contribution in [0.15, 0.2) is 48.9 Å². The molecule has 1 N–H and O–H groups in total. The van der Waals surface area contributed by atoms with Crippen molar-refractivity contribution in [2.75, 3.05) is 24.5 Å². The van der Waals surface area contributed by atoms with Gasteiger partial charge < -0.3 is 10.2 Å². The van der Waals surface area contributed by atoms with Crippen molar-refractivity contribution >= 4 is 11.7 Å². The number of benzene rings is 1. The van der Waals surface area contributed by atoms with Gasteiger partial charge >= 0.3 is 0 Å². The number of aromatic nitrogens is 2. The predicted molar refractivity (Wildman–Crippen MR) is 90.1 cm³/mol. The number of amides is 1. The molecule has 1 unspecified atom stereocenters. The molecule has 0 aliphatic carbocycles. The minimum atomic E-state index is 0.0292. The summed E-state index contributed by atoms with van der Waals surface area (Å²) in [6.45, 7) is 2.34. The molecule has 1 fully saturated rings. The number of nitrogens with zero attached hydrogens (tertiary/aromatic N) is 3. The lowest BCUT2D eigenvalue weighted by molar-refractivity contribution is -0.125. The van der Waals surface area contributed by atoms with Crippen molar-refractivity contribution in [3.63, 3.8) is 0 Å². The van der Waals surface area contributed by atoms with E-state index in [0.717, 1.165) is 38.2 Å². The fourth-order valence-electron chi connectivity index (χ4n) is 2.97. The van der Waals surface area contributed by atoms with E-state index in [4.69, 9.17) is 0 Å². The Morgan fingerprint density at radius 3 is 2.91 bits per heavy atom. The number of hydrogen-bond acceptors (Lipinski definition) is 4. The van der Waals surface area contributed by atoms with Crippen molar-refractivity contribution in [3.05, 3.63) is 54.5 Å². The molecule has 0 spiro atoms. The van der Waals surface area contributed by atoms with Gasteiger partial charge in [-0.2, -0.15) is 0 Å². The first kappa shape index (κ1) is 15.5. The van der Waals surface area contributed by atoms with E-state index in [1.54, 1.807) is 18.6 Å². The Bertz CT molecular complexity index is 617. The average molecular weight is 310 g/mol. The van der Waals surface area contributed by atoms with Crippen LogP contribution in [0.1, 0.15) is 18.4 Å². The summed E-state index contributed by atoms with van der Waals surface area (Å²) in [5, 5.41) is 3.07. The molecule has 1 saturated heterocycles. The van der Waals surface area contributed by atoms with Crippen LogP contribution in [-0.4, -0.2) is 35.5 Å². The zero-order chi connectivity index (χ0) is 15.9. The smallest absolute Gasteiger partial charge is 0.224 e. The van der Waals surface area contributed by atoms with Crippen molar-refractivity contribution in [2.24, 2.45) is 5.92 Å². The number of hydrogen-bond donors (Lipinski definition) is 1. The largest absolute Gasteiger partial charge is 0.355 e. The molecule has 0 radical (unpaired) electrons. The summed E-state index contributed by atoms with van der Waals surface area (Å²) in [6, 6.07) is 10.2.